The molecule has 0 radical (unpaired) electrons. The average Bonchev–Trinajstić information content (AvgIpc) is 2.78. The van der Waals surface area contributed by atoms with Crippen LogP contribution in [-0.4, -0.2) is 41.9 Å². The number of benzene rings is 1. The molecule has 0 saturated carbocycles. The maximum atomic E-state index is 14.1. The van der Waals surface area contributed by atoms with E-state index in [1.54, 1.807) is 31.1 Å². The summed E-state index contributed by atoms with van der Waals surface area (Å²) in [5.41, 5.74) is 3.01. The van der Waals surface area contributed by atoms with Crippen LogP contribution < -0.4 is 5.32 Å². The molecular formula is C19H22FN3O. The minimum absolute atomic E-state index is 0.0196. The average molecular weight is 327 g/mol. The van der Waals surface area contributed by atoms with Gasteiger partial charge in [-0.2, -0.15) is 0 Å². The van der Waals surface area contributed by atoms with Crippen molar-refractivity contribution in [3.63, 3.8) is 0 Å². The van der Waals surface area contributed by atoms with Gasteiger partial charge in [0.2, 0.25) is 5.91 Å². The van der Waals surface area contributed by atoms with Crippen LogP contribution in [0.1, 0.15) is 19.4 Å². The van der Waals surface area contributed by atoms with E-state index in [-0.39, 0.29) is 23.8 Å². The van der Waals surface area contributed by atoms with E-state index < -0.39 is 0 Å². The number of halogens is 1. The van der Waals surface area contributed by atoms with Gasteiger partial charge < -0.3 is 15.1 Å². The predicted molar refractivity (Wildman–Crippen MR) is 93.2 cm³/mol. The first-order valence-corrected chi connectivity index (χ1v) is 7.93. The summed E-state index contributed by atoms with van der Waals surface area (Å²) in [7, 11) is 3.48. The van der Waals surface area contributed by atoms with E-state index in [0.29, 0.717) is 5.56 Å². The van der Waals surface area contributed by atoms with E-state index in [9.17, 15) is 9.18 Å². The maximum Gasteiger partial charge on any atom is 0.241 e. The van der Waals surface area contributed by atoms with Crippen molar-refractivity contribution in [2.24, 2.45) is 0 Å². The van der Waals surface area contributed by atoms with Crippen LogP contribution in [-0.2, 0) is 4.79 Å². The quantitative estimate of drug-likeness (QED) is 0.927. The number of fused-ring (bicyclic) bond motifs is 1. The van der Waals surface area contributed by atoms with E-state index in [0.717, 1.165) is 16.8 Å². The SMILES string of the molecule is CC1=CN(CC(=O)N(C)C)C2=CC(c3ccccc3F)=CNC12C. The minimum Gasteiger partial charge on any atom is -0.376 e. The van der Waals surface area contributed by atoms with Crippen molar-refractivity contribution in [2.45, 2.75) is 19.4 Å². The summed E-state index contributed by atoms with van der Waals surface area (Å²) in [4.78, 5) is 15.6. The van der Waals surface area contributed by atoms with Gasteiger partial charge in [-0.1, -0.05) is 18.2 Å². The first-order valence-electron chi connectivity index (χ1n) is 7.93. The Morgan fingerprint density at radius 3 is 2.71 bits per heavy atom. The second kappa shape index (κ2) is 5.82. The summed E-state index contributed by atoms with van der Waals surface area (Å²) in [6, 6.07) is 6.70. The lowest BCUT2D eigenvalue weighted by Gasteiger charge is -2.35. The summed E-state index contributed by atoms with van der Waals surface area (Å²) in [6.07, 6.45) is 5.79. The number of carbonyl (C=O) groups excluding carboxylic acids is 1. The smallest absolute Gasteiger partial charge is 0.241 e. The molecule has 0 aliphatic carbocycles. The Morgan fingerprint density at radius 2 is 2.04 bits per heavy atom. The number of nitrogens with one attached hydrogen (secondary N) is 1. The molecule has 3 rings (SSSR count). The third-order valence-corrected chi connectivity index (χ3v) is 4.76. The lowest BCUT2D eigenvalue weighted by Crippen LogP contribution is -2.45. The number of hydrogen-bond donors (Lipinski definition) is 1. The molecule has 1 N–H and O–H groups in total. The largest absolute Gasteiger partial charge is 0.376 e. The fraction of sp³-hybridized carbons (Fsp3) is 0.316. The number of amides is 1. The van der Waals surface area contributed by atoms with Gasteiger partial charge in [0.25, 0.3) is 0 Å². The maximum absolute atomic E-state index is 14.1. The van der Waals surface area contributed by atoms with Crippen LogP contribution in [0.15, 0.2) is 54.0 Å². The van der Waals surface area contributed by atoms with Gasteiger partial charge in [-0.3, -0.25) is 4.79 Å². The van der Waals surface area contributed by atoms with Gasteiger partial charge >= 0.3 is 0 Å². The number of hydrogen-bond acceptors (Lipinski definition) is 3. The zero-order valence-electron chi connectivity index (χ0n) is 14.4. The van der Waals surface area contributed by atoms with Crippen LogP contribution in [0.2, 0.25) is 0 Å². The molecule has 0 spiro atoms. The van der Waals surface area contributed by atoms with E-state index in [1.165, 1.54) is 6.07 Å². The second-order valence-corrected chi connectivity index (χ2v) is 6.61. The van der Waals surface area contributed by atoms with Gasteiger partial charge in [-0.15, -0.1) is 0 Å². The van der Waals surface area contributed by atoms with Gasteiger partial charge in [-0.05, 0) is 31.6 Å². The van der Waals surface area contributed by atoms with Gasteiger partial charge in [0.05, 0.1) is 5.54 Å². The minimum atomic E-state index is -0.374. The molecule has 5 heteroatoms. The highest BCUT2D eigenvalue weighted by Gasteiger charge is 2.41. The fourth-order valence-electron chi connectivity index (χ4n) is 3.02. The van der Waals surface area contributed by atoms with Crippen molar-refractivity contribution in [1.82, 2.24) is 15.1 Å². The molecule has 1 amide bonds. The molecule has 0 bridgehead atoms. The number of rotatable bonds is 3. The molecule has 1 unspecified atom stereocenters. The normalized spacial score (nSPS) is 22.2. The standard InChI is InChI=1S/C19H22FN3O/c1-13-11-23(12-18(24)22(3)4)17-9-14(10-21-19(13,17)2)15-7-5-6-8-16(15)20/h5-11,21H,12H2,1-4H3. The number of likely N-dealkylation sites (N-methyl/N-ethyl adjacent to an activating group) is 1. The van der Waals surface area contributed by atoms with Gasteiger partial charge in [0.1, 0.15) is 12.4 Å². The van der Waals surface area contributed by atoms with E-state index in [4.69, 9.17) is 0 Å². The summed E-state index contributed by atoms with van der Waals surface area (Å²) in [6.45, 7) is 4.36. The molecule has 1 aromatic rings. The molecule has 2 heterocycles. The molecule has 24 heavy (non-hydrogen) atoms. The number of carbonyl (C=O) groups is 1. The van der Waals surface area contributed by atoms with Crippen LogP contribution in [0.3, 0.4) is 0 Å². The highest BCUT2D eigenvalue weighted by Crippen LogP contribution is 2.40. The molecule has 0 fully saturated rings. The molecule has 126 valence electrons. The van der Waals surface area contributed by atoms with Crippen molar-refractivity contribution in [3.8, 4) is 0 Å². The van der Waals surface area contributed by atoms with E-state index >= 15 is 0 Å². The Balaban J connectivity index is 1.97. The number of dihydropyridines is 1. The highest BCUT2D eigenvalue weighted by atomic mass is 19.1. The van der Waals surface area contributed by atoms with Crippen LogP contribution in [0, 0.1) is 5.82 Å². The van der Waals surface area contributed by atoms with E-state index in [1.807, 2.05) is 36.4 Å². The summed E-state index contributed by atoms with van der Waals surface area (Å²) in [5.74, 6) is -0.240. The second-order valence-electron chi connectivity index (χ2n) is 6.61. The number of nitrogens with zero attached hydrogens (tertiary/aromatic N) is 2. The van der Waals surface area contributed by atoms with Crippen LogP contribution in [0.4, 0.5) is 4.39 Å². The van der Waals surface area contributed by atoms with Crippen molar-refractivity contribution in [3.05, 3.63) is 65.4 Å². The van der Waals surface area contributed by atoms with Crippen molar-refractivity contribution < 1.29 is 9.18 Å². The molecule has 0 aromatic heterocycles. The summed E-state index contributed by atoms with van der Waals surface area (Å²) < 4.78 is 14.1. The molecule has 4 nitrogen and oxygen atoms in total. The van der Waals surface area contributed by atoms with Gasteiger partial charge in [0.15, 0.2) is 0 Å². The van der Waals surface area contributed by atoms with Crippen molar-refractivity contribution in [2.75, 3.05) is 20.6 Å². The van der Waals surface area contributed by atoms with Crippen LogP contribution >= 0.6 is 0 Å². The van der Waals surface area contributed by atoms with Gasteiger partial charge in [-0.25, -0.2) is 4.39 Å². The molecular weight excluding hydrogens is 305 g/mol. The molecule has 1 atom stereocenters. The monoisotopic (exact) mass is 327 g/mol. The Hall–Kier alpha value is -2.56. The Morgan fingerprint density at radius 1 is 1.33 bits per heavy atom. The predicted octanol–water partition coefficient (Wildman–Crippen LogP) is 2.72. The topological polar surface area (TPSA) is 35.6 Å². The first-order chi connectivity index (χ1) is 11.3. The number of allylic oxidation sites excluding steroid dienone is 2. The molecule has 0 saturated heterocycles. The zero-order chi connectivity index (χ0) is 17.5. The first kappa shape index (κ1) is 16.3. The third-order valence-electron chi connectivity index (χ3n) is 4.76. The summed E-state index contributed by atoms with van der Waals surface area (Å²) in [5, 5.41) is 3.38. The fourth-order valence-corrected chi connectivity index (χ4v) is 3.02. The Labute approximate surface area is 141 Å². The third kappa shape index (κ3) is 2.60. The zero-order valence-corrected chi connectivity index (χ0v) is 14.4. The lowest BCUT2D eigenvalue weighted by molar-refractivity contribution is -0.128. The van der Waals surface area contributed by atoms with Gasteiger partial charge in [0, 0.05) is 43.3 Å². The van der Waals surface area contributed by atoms with Crippen LogP contribution in [0.25, 0.3) is 5.57 Å². The molecule has 2 aliphatic heterocycles. The Kier molecular flexibility index (Phi) is 3.95. The molecule has 2 aliphatic rings. The van der Waals surface area contributed by atoms with E-state index in [2.05, 4.69) is 12.2 Å². The van der Waals surface area contributed by atoms with Crippen molar-refractivity contribution in [1.29, 1.82) is 0 Å². The Bertz CT molecular complexity index is 779. The highest BCUT2D eigenvalue weighted by molar-refractivity contribution is 5.80. The lowest BCUT2D eigenvalue weighted by atomic mass is 9.87. The van der Waals surface area contributed by atoms with Crippen LogP contribution in [0.5, 0.6) is 0 Å². The molecule has 1 aromatic carbocycles. The van der Waals surface area contributed by atoms with Crippen molar-refractivity contribution >= 4 is 11.5 Å². The summed E-state index contributed by atoms with van der Waals surface area (Å²) >= 11 is 0.